The molecule has 1 N–H and O–H groups in total. The number of thiazole rings is 1. The molecule has 1 aliphatic heterocycles. The third-order valence-electron chi connectivity index (χ3n) is 4.76. The van der Waals surface area contributed by atoms with Gasteiger partial charge in [0.15, 0.2) is 0 Å². The number of nitrogens with zero attached hydrogens (tertiary/aromatic N) is 2. The number of nitrogens with one attached hydrogen (secondary N) is 1. The average molecular weight is 407 g/mol. The Morgan fingerprint density at radius 1 is 1.14 bits per heavy atom. The number of hydrogen-bond acceptors (Lipinski definition) is 5. The molecule has 1 fully saturated rings. The first kappa shape index (κ1) is 19.1. The van der Waals surface area contributed by atoms with Gasteiger partial charge in [0.2, 0.25) is 5.91 Å². The monoisotopic (exact) mass is 407 g/mol. The number of piperidine rings is 1. The van der Waals surface area contributed by atoms with Crippen LogP contribution < -0.4 is 15.0 Å². The number of benzene rings is 2. The van der Waals surface area contributed by atoms with Crippen molar-refractivity contribution in [3.05, 3.63) is 70.7 Å². The predicted octanol–water partition coefficient (Wildman–Crippen LogP) is 4.49. The molecular weight excluding hydrogens is 386 g/mol. The van der Waals surface area contributed by atoms with Gasteiger partial charge in [-0.15, -0.1) is 11.3 Å². The van der Waals surface area contributed by atoms with Crippen molar-refractivity contribution in [3.8, 4) is 5.75 Å². The van der Waals surface area contributed by atoms with E-state index in [-0.39, 0.29) is 11.8 Å². The molecule has 0 radical (unpaired) electrons. The van der Waals surface area contributed by atoms with Gasteiger partial charge in [-0.1, -0.05) is 12.1 Å². The summed E-state index contributed by atoms with van der Waals surface area (Å²) in [5, 5.41) is 4.83. The van der Waals surface area contributed by atoms with Crippen molar-refractivity contribution in [1.29, 1.82) is 0 Å². The number of para-hydroxylation sites is 2. The van der Waals surface area contributed by atoms with Crippen LogP contribution in [-0.2, 0) is 11.4 Å². The molecule has 148 valence electrons. The zero-order chi connectivity index (χ0) is 20.1. The molecule has 2 heterocycles. The lowest BCUT2D eigenvalue weighted by Crippen LogP contribution is -2.35. The molecule has 0 saturated carbocycles. The minimum atomic E-state index is -0.230. The second kappa shape index (κ2) is 8.87. The number of carbonyl (C=O) groups excluding carboxylic acids is 2. The third-order valence-corrected chi connectivity index (χ3v) is 5.39. The fraction of sp³-hybridized carbons (Fsp3) is 0.227. The Morgan fingerprint density at radius 3 is 2.72 bits per heavy atom. The Balaban J connectivity index is 1.43. The second-order valence-corrected chi connectivity index (χ2v) is 7.49. The second-order valence-electron chi connectivity index (χ2n) is 6.77. The molecule has 2 amide bonds. The Kier molecular flexibility index (Phi) is 5.86. The standard InChI is InChI=1S/C22H21N3O3S/c26-21-7-3-4-12-25(21)18-10-8-16(9-11-18)22(27)24-19-5-1-2-6-20(19)28-13-17-14-29-15-23-17/h1-2,5-6,8-11,14-15H,3-4,7,12-13H2,(H,24,27). The van der Waals surface area contributed by atoms with Crippen molar-refractivity contribution in [2.75, 3.05) is 16.8 Å². The number of hydrogen-bond donors (Lipinski definition) is 1. The summed E-state index contributed by atoms with van der Waals surface area (Å²) in [6.45, 7) is 1.07. The number of ether oxygens (including phenoxy) is 1. The van der Waals surface area contributed by atoms with Gasteiger partial charge < -0.3 is 15.0 Å². The number of aromatic nitrogens is 1. The van der Waals surface area contributed by atoms with E-state index in [0.717, 1.165) is 30.8 Å². The van der Waals surface area contributed by atoms with Crippen LogP contribution in [0.25, 0.3) is 0 Å². The molecule has 7 heteroatoms. The van der Waals surface area contributed by atoms with E-state index in [2.05, 4.69) is 10.3 Å². The molecule has 0 bridgehead atoms. The van der Waals surface area contributed by atoms with E-state index in [1.807, 2.05) is 35.7 Å². The van der Waals surface area contributed by atoms with Gasteiger partial charge in [0.1, 0.15) is 12.4 Å². The van der Waals surface area contributed by atoms with Crippen molar-refractivity contribution < 1.29 is 14.3 Å². The molecule has 0 unspecified atom stereocenters. The SMILES string of the molecule is O=C(Nc1ccccc1OCc1cscn1)c1ccc(N2CCCCC2=O)cc1. The van der Waals surface area contributed by atoms with Crippen LogP contribution in [0.1, 0.15) is 35.3 Å². The van der Waals surface area contributed by atoms with Crippen molar-refractivity contribution in [2.45, 2.75) is 25.9 Å². The average Bonchev–Trinajstić information content (AvgIpc) is 3.27. The van der Waals surface area contributed by atoms with Gasteiger partial charge in [-0.05, 0) is 49.2 Å². The number of rotatable bonds is 6. The van der Waals surface area contributed by atoms with Crippen LogP contribution in [0.5, 0.6) is 5.75 Å². The predicted molar refractivity (Wildman–Crippen MR) is 113 cm³/mol. The van der Waals surface area contributed by atoms with E-state index in [4.69, 9.17) is 4.74 Å². The Morgan fingerprint density at radius 2 is 1.97 bits per heavy atom. The van der Waals surface area contributed by atoms with Crippen LogP contribution in [-0.4, -0.2) is 23.3 Å². The molecule has 4 rings (SSSR count). The van der Waals surface area contributed by atoms with Crippen LogP contribution >= 0.6 is 11.3 Å². The molecule has 1 saturated heterocycles. The fourth-order valence-corrected chi connectivity index (χ4v) is 3.77. The molecule has 0 spiro atoms. The highest BCUT2D eigenvalue weighted by atomic mass is 32.1. The first-order chi connectivity index (χ1) is 14.2. The maximum atomic E-state index is 12.7. The largest absolute Gasteiger partial charge is 0.485 e. The molecule has 29 heavy (non-hydrogen) atoms. The lowest BCUT2D eigenvalue weighted by atomic mass is 10.1. The molecule has 6 nitrogen and oxygen atoms in total. The van der Waals surface area contributed by atoms with Gasteiger partial charge in [-0.25, -0.2) is 4.98 Å². The lowest BCUT2D eigenvalue weighted by molar-refractivity contribution is -0.119. The van der Waals surface area contributed by atoms with Crippen LogP contribution in [0.15, 0.2) is 59.4 Å². The smallest absolute Gasteiger partial charge is 0.255 e. The molecule has 1 aromatic heterocycles. The van der Waals surface area contributed by atoms with E-state index >= 15 is 0 Å². The molecule has 3 aromatic rings. The summed E-state index contributed by atoms with van der Waals surface area (Å²) in [6.07, 6.45) is 2.53. The Bertz CT molecular complexity index is 987. The summed E-state index contributed by atoms with van der Waals surface area (Å²) in [6, 6.07) is 14.4. The van der Waals surface area contributed by atoms with Crippen molar-refractivity contribution in [3.63, 3.8) is 0 Å². The van der Waals surface area contributed by atoms with Gasteiger partial charge in [-0.3, -0.25) is 9.59 Å². The summed E-state index contributed by atoms with van der Waals surface area (Å²) < 4.78 is 5.81. The molecule has 1 aliphatic rings. The first-order valence-corrected chi connectivity index (χ1v) is 10.5. The minimum absolute atomic E-state index is 0.139. The van der Waals surface area contributed by atoms with Gasteiger partial charge in [0.05, 0.1) is 16.9 Å². The lowest BCUT2D eigenvalue weighted by Gasteiger charge is -2.26. The normalized spacial score (nSPS) is 13.9. The van der Waals surface area contributed by atoms with Crippen LogP contribution in [0.4, 0.5) is 11.4 Å². The van der Waals surface area contributed by atoms with Crippen LogP contribution in [0.3, 0.4) is 0 Å². The van der Waals surface area contributed by atoms with Gasteiger partial charge in [-0.2, -0.15) is 0 Å². The molecule has 2 aromatic carbocycles. The zero-order valence-electron chi connectivity index (χ0n) is 15.8. The number of carbonyl (C=O) groups is 2. The Labute approximate surface area is 173 Å². The molecule has 0 aliphatic carbocycles. The van der Waals surface area contributed by atoms with Crippen LogP contribution in [0.2, 0.25) is 0 Å². The van der Waals surface area contributed by atoms with Gasteiger partial charge in [0, 0.05) is 29.6 Å². The van der Waals surface area contributed by atoms with E-state index in [1.165, 1.54) is 11.3 Å². The summed E-state index contributed by atoms with van der Waals surface area (Å²) in [7, 11) is 0. The summed E-state index contributed by atoms with van der Waals surface area (Å²) in [5.74, 6) is 0.496. The van der Waals surface area contributed by atoms with E-state index < -0.39 is 0 Å². The molecular formula is C22H21N3O3S. The van der Waals surface area contributed by atoms with E-state index in [1.54, 1.807) is 28.6 Å². The third kappa shape index (κ3) is 4.63. The topological polar surface area (TPSA) is 71.5 Å². The summed E-state index contributed by atoms with van der Waals surface area (Å²) >= 11 is 1.51. The van der Waals surface area contributed by atoms with Crippen LogP contribution in [0, 0.1) is 0 Å². The van der Waals surface area contributed by atoms with Gasteiger partial charge >= 0.3 is 0 Å². The zero-order valence-corrected chi connectivity index (χ0v) is 16.7. The minimum Gasteiger partial charge on any atom is -0.485 e. The Hall–Kier alpha value is -3.19. The van der Waals surface area contributed by atoms with E-state index in [0.29, 0.717) is 30.0 Å². The highest BCUT2D eigenvalue weighted by Gasteiger charge is 2.20. The summed E-state index contributed by atoms with van der Waals surface area (Å²) in [4.78, 5) is 30.7. The highest BCUT2D eigenvalue weighted by molar-refractivity contribution is 7.07. The van der Waals surface area contributed by atoms with Crippen molar-refractivity contribution >= 4 is 34.5 Å². The maximum Gasteiger partial charge on any atom is 0.255 e. The highest BCUT2D eigenvalue weighted by Crippen LogP contribution is 2.26. The summed E-state index contributed by atoms with van der Waals surface area (Å²) in [5.41, 5.74) is 4.56. The first-order valence-electron chi connectivity index (χ1n) is 9.51. The van der Waals surface area contributed by atoms with Crippen molar-refractivity contribution in [1.82, 2.24) is 4.98 Å². The quantitative estimate of drug-likeness (QED) is 0.653. The van der Waals surface area contributed by atoms with E-state index in [9.17, 15) is 9.59 Å². The molecule has 0 atom stereocenters. The number of anilines is 2. The fourth-order valence-electron chi connectivity index (χ4n) is 3.22. The van der Waals surface area contributed by atoms with Gasteiger partial charge in [0.25, 0.3) is 5.91 Å². The van der Waals surface area contributed by atoms with Crippen molar-refractivity contribution in [2.24, 2.45) is 0 Å². The maximum absolute atomic E-state index is 12.7. The number of amides is 2.